The molecule has 1 aliphatic carbocycles. The monoisotopic (exact) mass is 495 g/mol. The molecule has 2 N–H and O–H groups in total. The Hall–Kier alpha value is -3.55. The summed E-state index contributed by atoms with van der Waals surface area (Å²) < 4.78 is 26.8. The van der Waals surface area contributed by atoms with Gasteiger partial charge in [0.05, 0.1) is 12.5 Å². The Bertz CT molecular complexity index is 1110. The van der Waals surface area contributed by atoms with E-state index in [2.05, 4.69) is 10.6 Å². The predicted molar refractivity (Wildman–Crippen MR) is 132 cm³/mol. The molecule has 3 atom stereocenters. The summed E-state index contributed by atoms with van der Waals surface area (Å²) in [7, 11) is 0. The van der Waals surface area contributed by atoms with Crippen LogP contribution in [0, 0.1) is 11.6 Å². The third-order valence-electron chi connectivity index (χ3n) is 6.78. The van der Waals surface area contributed by atoms with Crippen LogP contribution in [0.2, 0.25) is 0 Å². The molecule has 4 rings (SSSR count). The lowest BCUT2D eigenvalue weighted by Gasteiger charge is -2.36. The molecule has 0 spiro atoms. The molecule has 1 aliphatic heterocycles. The van der Waals surface area contributed by atoms with E-state index in [1.165, 1.54) is 6.92 Å². The fraction of sp³-hybridized carbons (Fsp3) is 0.393. The fourth-order valence-corrected chi connectivity index (χ4v) is 5.04. The zero-order valence-corrected chi connectivity index (χ0v) is 20.3. The van der Waals surface area contributed by atoms with Crippen LogP contribution in [0.25, 0.3) is 0 Å². The lowest BCUT2D eigenvalue weighted by Crippen LogP contribution is -2.54. The van der Waals surface area contributed by atoms with Gasteiger partial charge in [-0.3, -0.25) is 14.4 Å². The number of amides is 3. The van der Waals surface area contributed by atoms with E-state index >= 15 is 0 Å². The summed E-state index contributed by atoms with van der Waals surface area (Å²) in [6.45, 7) is 1.51. The number of hydrogen-bond donors (Lipinski definition) is 2. The first-order chi connectivity index (χ1) is 17.3. The number of benzene rings is 2. The number of halogens is 2. The van der Waals surface area contributed by atoms with Gasteiger partial charge in [0.15, 0.2) is 0 Å². The van der Waals surface area contributed by atoms with Crippen LogP contribution in [0.4, 0.5) is 8.78 Å². The number of nitrogens with zero attached hydrogens (tertiary/aromatic N) is 1. The maximum absolute atomic E-state index is 13.7. The zero-order chi connectivity index (χ0) is 25.7. The van der Waals surface area contributed by atoms with Crippen LogP contribution in [0.15, 0.2) is 60.7 Å². The largest absolute Gasteiger partial charge is 0.344 e. The van der Waals surface area contributed by atoms with Gasteiger partial charge in [0.2, 0.25) is 17.7 Å². The molecule has 36 heavy (non-hydrogen) atoms. The van der Waals surface area contributed by atoms with Gasteiger partial charge in [-0.25, -0.2) is 8.78 Å². The van der Waals surface area contributed by atoms with Gasteiger partial charge >= 0.3 is 0 Å². The van der Waals surface area contributed by atoms with E-state index in [-0.39, 0.29) is 30.0 Å². The Morgan fingerprint density at radius 2 is 1.72 bits per heavy atom. The Morgan fingerprint density at radius 3 is 2.39 bits per heavy atom. The molecule has 2 aliphatic rings. The maximum Gasteiger partial charge on any atom is 0.246 e. The van der Waals surface area contributed by atoms with Crippen molar-refractivity contribution in [2.75, 3.05) is 0 Å². The van der Waals surface area contributed by atoms with E-state index in [0.29, 0.717) is 6.42 Å². The molecule has 0 aromatic heterocycles. The summed E-state index contributed by atoms with van der Waals surface area (Å²) in [6.07, 6.45) is 8.02. The van der Waals surface area contributed by atoms with E-state index in [1.807, 2.05) is 47.4 Å². The highest BCUT2D eigenvalue weighted by molar-refractivity contribution is 5.92. The van der Waals surface area contributed by atoms with Gasteiger partial charge in [-0.05, 0) is 49.4 Å². The molecule has 1 saturated carbocycles. The lowest BCUT2D eigenvalue weighted by molar-refractivity contribution is -0.140. The predicted octanol–water partition coefficient (Wildman–Crippen LogP) is 3.97. The number of nitrogens with one attached hydrogen (secondary N) is 2. The Balaban J connectivity index is 1.42. The van der Waals surface area contributed by atoms with Crippen LogP contribution >= 0.6 is 0 Å². The third-order valence-corrected chi connectivity index (χ3v) is 6.78. The van der Waals surface area contributed by atoms with Crippen molar-refractivity contribution in [3.05, 3.63) is 83.4 Å². The van der Waals surface area contributed by atoms with E-state index in [1.54, 1.807) is 0 Å². The first kappa shape index (κ1) is 25.5. The summed E-state index contributed by atoms with van der Waals surface area (Å²) in [5, 5.41) is 5.35. The molecule has 1 heterocycles. The molecule has 0 radical (unpaired) electrons. The molecule has 8 heteroatoms. The zero-order valence-electron chi connectivity index (χ0n) is 20.3. The highest BCUT2D eigenvalue weighted by Gasteiger charge is 2.38. The fourth-order valence-electron chi connectivity index (χ4n) is 5.04. The van der Waals surface area contributed by atoms with Crippen LogP contribution in [0.5, 0.6) is 0 Å². The van der Waals surface area contributed by atoms with Gasteiger partial charge < -0.3 is 15.5 Å². The second-order valence-electron chi connectivity index (χ2n) is 9.51. The van der Waals surface area contributed by atoms with Crippen molar-refractivity contribution in [2.45, 2.75) is 69.6 Å². The van der Waals surface area contributed by atoms with Crippen molar-refractivity contribution in [1.29, 1.82) is 0 Å². The van der Waals surface area contributed by atoms with Gasteiger partial charge in [-0.15, -0.1) is 0 Å². The first-order valence-corrected chi connectivity index (χ1v) is 12.4. The standard InChI is InChI=1S/C28H31F2N3O3/c1-18(31-26(34)16-19-14-21(29)17-22(30)15-19)27(35)32-24-12-7-13-25(20-8-3-2-4-9-20)33(28(24)36)23-10-5-6-11-23/h2-4,7-9,13-15,17-18,23-25H,5-6,10-12,16H2,1H3,(H,31,34)(H,32,35)/t18-,24+,25?/m0/s1. The summed E-state index contributed by atoms with van der Waals surface area (Å²) >= 11 is 0. The average molecular weight is 496 g/mol. The Kier molecular flexibility index (Phi) is 8.13. The molecule has 1 fully saturated rings. The molecule has 2 aromatic carbocycles. The minimum atomic E-state index is -0.930. The Morgan fingerprint density at radius 1 is 1.06 bits per heavy atom. The van der Waals surface area contributed by atoms with Crippen LogP contribution < -0.4 is 10.6 Å². The molecule has 1 unspecified atom stereocenters. The lowest BCUT2D eigenvalue weighted by atomic mass is 10.0. The molecule has 3 amide bonds. The second kappa shape index (κ2) is 11.5. The highest BCUT2D eigenvalue weighted by Crippen LogP contribution is 2.34. The van der Waals surface area contributed by atoms with Crippen molar-refractivity contribution in [2.24, 2.45) is 0 Å². The molecular formula is C28H31F2N3O3. The van der Waals surface area contributed by atoms with Crippen molar-refractivity contribution in [1.82, 2.24) is 15.5 Å². The molecular weight excluding hydrogens is 464 g/mol. The number of rotatable bonds is 7. The SMILES string of the molecule is C[C@H](NC(=O)Cc1cc(F)cc(F)c1)C(=O)N[C@@H]1CC=CC(c2ccccc2)N(C2CCCC2)C1=O. The Labute approximate surface area is 209 Å². The van der Waals surface area contributed by atoms with Crippen LogP contribution in [-0.2, 0) is 20.8 Å². The minimum absolute atomic E-state index is 0.105. The van der Waals surface area contributed by atoms with Gasteiger partial charge in [-0.1, -0.05) is 55.3 Å². The molecule has 0 saturated heterocycles. The van der Waals surface area contributed by atoms with Crippen molar-refractivity contribution < 1.29 is 23.2 Å². The maximum atomic E-state index is 13.7. The summed E-state index contributed by atoms with van der Waals surface area (Å²) in [5.74, 6) is -2.73. The van der Waals surface area contributed by atoms with Gasteiger partial charge in [-0.2, -0.15) is 0 Å². The van der Waals surface area contributed by atoms with E-state index in [4.69, 9.17) is 0 Å². The van der Waals surface area contributed by atoms with Crippen LogP contribution in [0.1, 0.15) is 56.2 Å². The summed E-state index contributed by atoms with van der Waals surface area (Å²) in [4.78, 5) is 40.9. The highest BCUT2D eigenvalue weighted by atomic mass is 19.1. The number of carbonyl (C=O) groups is 3. The van der Waals surface area contributed by atoms with Crippen LogP contribution in [-0.4, -0.2) is 40.7 Å². The first-order valence-electron chi connectivity index (χ1n) is 12.4. The van der Waals surface area contributed by atoms with E-state index < -0.39 is 35.5 Å². The van der Waals surface area contributed by atoms with E-state index in [9.17, 15) is 23.2 Å². The average Bonchev–Trinajstić information content (AvgIpc) is 3.31. The molecule has 2 aromatic rings. The summed E-state index contributed by atoms with van der Waals surface area (Å²) in [5.41, 5.74) is 1.19. The van der Waals surface area contributed by atoms with E-state index in [0.717, 1.165) is 49.4 Å². The molecule has 6 nitrogen and oxygen atoms in total. The van der Waals surface area contributed by atoms with Crippen molar-refractivity contribution >= 4 is 17.7 Å². The smallest absolute Gasteiger partial charge is 0.246 e. The van der Waals surface area contributed by atoms with Crippen LogP contribution in [0.3, 0.4) is 0 Å². The minimum Gasteiger partial charge on any atom is -0.344 e. The number of carbonyl (C=O) groups excluding carboxylic acids is 3. The van der Waals surface area contributed by atoms with Gasteiger partial charge in [0, 0.05) is 12.1 Å². The second-order valence-corrected chi connectivity index (χ2v) is 9.51. The molecule has 0 bridgehead atoms. The normalized spacial score (nSPS) is 21.2. The summed E-state index contributed by atoms with van der Waals surface area (Å²) in [6, 6.07) is 11.0. The van der Waals surface area contributed by atoms with Gasteiger partial charge in [0.25, 0.3) is 0 Å². The molecule has 190 valence electrons. The third kappa shape index (κ3) is 6.17. The van der Waals surface area contributed by atoms with Gasteiger partial charge in [0.1, 0.15) is 23.7 Å². The van der Waals surface area contributed by atoms with Crippen molar-refractivity contribution in [3.63, 3.8) is 0 Å². The quantitative estimate of drug-likeness (QED) is 0.571. The topological polar surface area (TPSA) is 78.5 Å². The number of hydrogen-bond acceptors (Lipinski definition) is 3. The van der Waals surface area contributed by atoms with Crippen molar-refractivity contribution in [3.8, 4) is 0 Å².